The molecule has 0 saturated carbocycles. The lowest BCUT2D eigenvalue weighted by Gasteiger charge is -2.24. The van der Waals surface area contributed by atoms with Gasteiger partial charge in [-0.1, -0.05) is 37.5 Å². The summed E-state index contributed by atoms with van der Waals surface area (Å²) in [4.78, 5) is 5.28. The van der Waals surface area contributed by atoms with Gasteiger partial charge in [0.15, 0.2) is 5.75 Å². The Labute approximate surface area is 170 Å². The predicted molar refractivity (Wildman–Crippen MR) is 103 cm³/mol. The van der Waals surface area contributed by atoms with Crippen LogP contribution >= 0.6 is 11.6 Å². The Hall–Kier alpha value is -2.33. The smallest absolute Gasteiger partial charge is 0.357 e. The normalized spacial score (nSPS) is 13.3. The molecule has 0 amide bonds. The van der Waals surface area contributed by atoms with Crippen molar-refractivity contribution in [3.05, 3.63) is 58.9 Å². The quantitative estimate of drug-likeness (QED) is 0.366. The third-order valence-electron chi connectivity index (χ3n) is 3.55. The molecule has 0 fully saturated rings. The molecule has 2 aromatic rings. The maximum absolute atomic E-state index is 13.0. The van der Waals surface area contributed by atoms with E-state index < -0.39 is 26.8 Å². The van der Waals surface area contributed by atoms with Crippen molar-refractivity contribution in [2.75, 3.05) is 4.72 Å². The molecule has 1 N–H and O–H groups in total. The Morgan fingerprint density at radius 3 is 2.17 bits per heavy atom. The van der Waals surface area contributed by atoms with E-state index in [0.717, 1.165) is 18.2 Å². The highest BCUT2D eigenvalue weighted by atomic mass is 35.5. The summed E-state index contributed by atoms with van der Waals surface area (Å²) in [6, 6.07) is 8.51. The van der Waals surface area contributed by atoms with E-state index in [4.69, 9.17) is 16.4 Å². The molecule has 5 nitrogen and oxygen atoms in total. The van der Waals surface area contributed by atoms with Crippen molar-refractivity contribution in [3.8, 4) is 5.75 Å². The number of sulfonamides is 1. The van der Waals surface area contributed by atoms with Crippen molar-refractivity contribution in [2.24, 2.45) is 10.6 Å². The van der Waals surface area contributed by atoms with Crippen molar-refractivity contribution in [1.29, 1.82) is 0 Å². The maximum atomic E-state index is 13.0. The highest BCUT2D eigenvalue weighted by molar-refractivity contribution is 7.93. The number of benzene rings is 2. The first-order chi connectivity index (χ1) is 13.2. The van der Waals surface area contributed by atoms with Crippen molar-refractivity contribution >= 4 is 33.0 Å². The Balaban J connectivity index is 2.55. The molecular weight excluding hydrogens is 436 g/mol. The standard InChI is InChI=1S/C18H17ClF4N2O3S/c1-17(2,3)16(24-28-13-7-5-12(20)6-8-13)14-10-11(19)4-9-15(14)25-29(26,27)18(21,22)23/h4-10,25H,1-3H3. The van der Waals surface area contributed by atoms with Gasteiger partial charge >= 0.3 is 15.5 Å². The molecule has 0 heterocycles. The molecule has 158 valence electrons. The van der Waals surface area contributed by atoms with E-state index in [-0.39, 0.29) is 27.7 Å². The van der Waals surface area contributed by atoms with Crippen LogP contribution in [0.3, 0.4) is 0 Å². The minimum Gasteiger partial charge on any atom is -0.357 e. The SMILES string of the molecule is CC(C)(C)C(=NOc1ccc(F)cc1)c1cc(Cl)ccc1NS(=O)(=O)C(F)(F)F. The van der Waals surface area contributed by atoms with Gasteiger partial charge in [0.1, 0.15) is 5.82 Å². The van der Waals surface area contributed by atoms with Gasteiger partial charge in [0.05, 0.1) is 11.4 Å². The molecule has 0 aliphatic rings. The van der Waals surface area contributed by atoms with E-state index in [1.165, 1.54) is 29.0 Å². The molecule has 0 aromatic heterocycles. The molecule has 0 aliphatic heterocycles. The number of hydrogen-bond acceptors (Lipinski definition) is 4. The molecule has 2 aromatic carbocycles. The Morgan fingerprint density at radius 1 is 1.07 bits per heavy atom. The highest BCUT2D eigenvalue weighted by Crippen LogP contribution is 2.33. The number of oxime groups is 1. The van der Waals surface area contributed by atoms with E-state index in [1.807, 2.05) is 0 Å². The van der Waals surface area contributed by atoms with Gasteiger partial charge in [-0.15, -0.1) is 0 Å². The molecule has 0 atom stereocenters. The van der Waals surface area contributed by atoms with Crippen LogP contribution < -0.4 is 9.56 Å². The van der Waals surface area contributed by atoms with Crippen LogP contribution in [0.15, 0.2) is 47.6 Å². The first-order valence-corrected chi connectivity index (χ1v) is 9.97. The number of nitrogens with zero attached hydrogens (tertiary/aromatic N) is 1. The van der Waals surface area contributed by atoms with Crippen LogP contribution in [0.25, 0.3) is 0 Å². The Morgan fingerprint density at radius 2 is 1.66 bits per heavy atom. The molecule has 11 heteroatoms. The fourth-order valence-corrected chi connectivity index (χ4v) is 2.94. The zero-order chi connectivity index (χ0) is 22.0. The number of halogens is 5. The zero-order valence-electron chi connectivity index (χ0n) is 15.5. The third-order valence-corrected chi connectivity index (χ3v) is 4.89. The summed E-state index contributed by atoms with van der Waals surface area (Å²) in [6.07, 6.45) is 0. The van der Waals surface area contributed by atoms with E-state index in [2.05, 4.69) is 5.16 Å². The van der Waals surface area contributed by atoms with Crippen LogP contribution in [0.5, 0.6) is 5.75 Å². The van der Waals surface area contributed by atoms with Crippen molar-refractivity contribution < 1.29 is 30.8 Å². The molecule has 0 unspecified atom stereocenters. The Kier molecular flexibility index (Phi) is 6.48. The van der Waals surface area contributed by atoms with Gasteiger partial charge < -0.3 is 4.84 Å². The van der Waals surface area contributed by atoms with Crippen LogP contribution in [0.4, 0.5) is 23.2 Å². The maximum Gasteiger partial charge on any atom is 0.516 e. The minimum atomic E-state index is -5.67. The number of rotatable bonds is 5. The molecular formula is C18H17ClF4N2O3S. The number of nitrogens with one attached hydrogen (secondary N) is 1. The second kappa shape index (κ2) is 8.19. The van der Waals surface area contributed by atoms with Gasteiger partial charge in [0.25, 0.3) is 0 Å². The van der Waals surface area contributed by atoms with Crippen LogP contribution in [0.2, 0.25) is 5.02 Å². The third kappa shape index (κ3) is 5.83. The largest absolute Gasteiger partial charge is 0.516 e. The summed E-state index contributed by atoms with van der Waals surface area (Å²) in [6.45, 7) is 5.09. The van der Waals surface area contributed by atoms with Gasteiger partial charge in [0, 0.05) is 16.0 Å². The molecule has 0 spiro atoms. The van der Waals surface area contributed by atoms with Crippen molar-refractivity contribution in [2.45, 2.75) is 26.3 Å². The van der Waals surface area contributed by atoms with Gasteiger partial charge in [-0.25, -0.2) is 4.39 Å². The monoisotopic (exact) mass is 452 g/mol. The van der Waals surface area contributed by atoms with Gasteiger partial charge in [-0.3, -0.25) is 4.72 Å². The van der Waals surface area contributed by atoms with E-state index in [0.29, 0.717) is 0 Å². The first-order valence-electron chi connectivity index (χ1n) is 8.11. The minimum absolute atomic E-state index is 0.0000586. The van der Waals surface area contributed by atoms with E-state index in [1.54, 1.807) is 20.8 Å². The Bertz CT molecular complexity index is 1010. The van der Waals surface area contributed by atoms with Gasteiger partial charge in [-0.05, 0) is 42.5 Å². The predicted octanol–water partition coefficient (Wildman–Crippen LogP) is 5.57. The molecule has 2 rings (SSSR count). The number of alkyl halides is 3. The summed E-state index contributed by atoms with van der Waals surface area (Å²) < 4.78 is 76.1. The van der Waals surface area contributed by atoms with Crippen molar-refractivity contribution in [3.63, 3.8) is 0 Å². The van der Waals surface area contributed by atoms with E-state index >= 15 is 0 Å². The first kappa shape index (κ1) is 23.0. The summed E-state index contributed by atoms with van der Waals surface area (Å²) in [5.74, 6) is -0.316. The summed E-state index contributed by atoms with van der Waals surface area (Å²) >= 11 is 5.97. The lowest BCUT2D eigenvalue weighted by molar-refractivity contribution is -0.0429. The average molecular weight is 453 g/mol. The van der Waals surface area contributed by atoms with Crippen molar-refractivity contribution in [1.82, 2.24) is 0 Å². The molecule has 0 bridgehead atoms. The van der Waals surface area contributed by atoms with Crippen LogP contribution in [0, 0.1) is 11.2 Å². The summed E-state index contributed by atoms with van der Waals surface area (Å²) in [5.41, 5.74) is -6.55. The van der Waals surface area contributed by atoms with Crippen LogP contribution in [-0.2, 0) is 10.0 Å². The van der Waals surface area contributed by atoms with Gasteiger partial charge in [0.2, 0.25) is 0 Å². The lowest BCUT2D eigenvalue weighted by Crippen LogP contribution is -2.31. The second-order valence-corrected chi connectivity index (χ2v) is 9.09. The summed E-state index contributed by atoms with van der Waals surface area (Å²) in [7, 11) is -5.67. The van der Waals surface area contributed by atoms with Crippen LogP contribution in [-0.4, -0.2) is 19.6 Å². The fraction of sp³-hybridized carbons (Fsp3) is 0.278. The fourth-order valence-electron chi connectivity index (χ4n) is 2.19. The van der Waals surface area contributed by atoms with Gasteiger partial charge in [-0.2, -0.15) is 21.6 Å². The lowest BCUT2D eigenvalue weighted by atomic mass is 9.85. The number of hydrogen-bond donors (Lipinski definition) is 1. The topological polar surface area (TPSA) is 67.8 Å². The molecule has 0 saturated heterocycles. The van der Waals surface area contributed by atoms with Crippen LogP contribution in [0.1, 0.15) is 26.3 Å². The molecule has 0 radical (unpaired) electrons. The highest BCUT2D eigenvalue weighted by Gasteiger charge is 2.46. The molecule has 0 aliphatic carbocycles. The van der Waals surface area contributed by atoms with E-state index in [9.17, 15) is 26.0 Å². The molecule has 29 heavy (non-hydrogen) atoms. The average Bonchev–Trinajstić information content (AvgIpc) is 2.56. The summed E-state index contributed by atoms with van der Waals surface area (Å²) in [5, 5.41) is 4.13. The number of anilines is 1. The second-order valence-electron chi connectivity index (χ2n) is 6.98. The zero-order valence-corrected chi connectivity index (χ0v) is 17.1.